The Kier molecular flexibility index (Phi) is 7.56. The zero-order valence-corrected chi connectivity index (χ0v) is 21.4. The first-order valence-electron chi connectivity index (χ1n) is 10.1. The molecule has 0 unspecified atom stereocenters. The first kappa shape index (κ1) is 27.9. The molecule has 0 atom stereocenters. The summed E-state index contributed by atoms with van der Waals surface area (Å²) >= 11 is 0. The number of methoxy groups -OCH3 is 2. The predicted molar refractivity (Wildman–Crippen MR) is 128 cm³/mol. The Morgan fingerprint density at radius 2 is 1.41 bits per heavy atom. The molecular weight excluding hydrogens is 541 g/mol. The molecule has 37 heavy (non-hydrogen) atoms. The van der Waals surface area contributed by atoms with Crippen molar-refractivity contribution in [2.75, 3.05) is 26.7 Å². The minimum absolute atomic E-state index is 0.0132. The first-order chi connectivity index (χ1) is 17.0. The molecule has 0 amide bonds. The highest BCUT2D eigenvalue weighted by molar-refractivity contribution is 7.86. The molecular formula is C23H21F3O9S2. The average Bonchev–Trinajstić information content (AvgIpc) is 2.77. The first-order valence-corrected chi connectivity index (χ1v) is 13.8. The number of aromatic hydroxyl groups is 1. The van der Waals surface area contributed by atoms with E-state index in [0.29, 0.717) is 0 Å². The third-order valence-corrected chi connectivity index (χ3v) is 5.80. The maximum Gasteiger partial charge on any atom is 0.416 e. The zero-order chi connectivity index (χ0) is 27.8. The molecule has 3 aromatic carbocycles. The van der Waals surface area contributed by atoms with Crippen LogP contribution in [0.4, 0.5) is 13.2 Å². The van der Waals surface area contributed by atoms with E-state index in [2.05, 4.69) is 0 Å². The molecule has 0 aliphatic heterocycles. The summed E-state index contributed by atoms with van der Waals surface area (Å²) < 4.78 is 108. The molecule has 0 spiro atoms. The van der Waals surface area contributed by atoms with Gasteiger partial charge < -0.3 is 22.9 Å². The number of ether oxygens (including phenoxy) is 2. The van der Waals surface area contributed by atoms with Gasteiger partial charge in [-0.1, -0.05) is 18.2 Å². The van der Waals surface area contributed by atoms with Crippen LogP contribution >= 0.6 is 0 Å². The fraction of sp³-hybridized carbons (Fsp3) is 0.217. The van der Waals surface area contributed by atoms with E-state index in [0.717, 1.165) is 43.9 Å². The lowest BCUT2D eigenvalue weighted by atomic mass is 9.95. The van der Waals surface area contributed by atoms with Gasteiger partial charge in [0.15, 0.2) is 23.0 Å². The van der Waals surface area contributed by atoms with Crippen LogP contribution in [0.2, 0.25) is 0 Å². The normalized spacial score (nSPS) is 12.2. The van der Waals surface area contributed by atoms with Crippen molar-refractivity contribution in [2.45, 2.75) is 6.18 Å². The van der Waals surface area contributed by atoms with Gasteiger partial charge in [0.05, 0.1) is 37.9 Å². The second kappa shape index (κ2) is 10.0. The van der Waals surface area contributed by atoms with Crippen LogP contribution in [0.1, 0.15) is 5.56 Å². The quantitative estimate of drug-likeness (QED) is 0.397. The van der Waals surface area contributed by atoms with Crippen molar-refractivity contribution in [1.29, 1.82) is 0 Å². The van der Waals surface area contributed by atoms with Gasteiger partial charge in [-0.05, 0) is 41.5 Å². The van der Waals surface area contributed by atoms with Gasteiger partial charge in [-0.3, -0.25) is 0 Å². The molecule has 0 heterocycles. The topological polar surface area (TPSA) is 125 Å². The molecule has 0 aliphatic carbocycles. The van der Waals surface area contributed by atoms with Crippen LogP contribution in [0, 0.1) is 0 Å². The number of halogens is 3. The van der Waals surface area contributed by atoms with Gasteiger partial charge in [-0.2, -0.15) is 30.0 Å². The van der Waals surface area contributed by atoms with Crippen LogP contribution in [0.25, 0.3) is 22.3 Å². The molecule has 14 heteroatoms. The largest absolute Gasteiger partial charge is 0.504 e. The standard InChI is InChI=1S/C23H21F3O9S2/c1-32-19-12-16(13-6-5-7-15(10-13)23(24,25)26)21(33-2)22(35-37(4,30)31)20(19)14-8-9-17(27)18(11-14)34-36(3,28)29/h5-12,27H,1-4H3. The summed E-state index contributed by atoms with van der Waals surface area (Å²) in [4.78, 5) is 0. The van der Waals surface area contributed by atoms with E-state index in [9.17, 15) is 35.1 Å². The van der Waals surface area contributed by atoms with Gasteiger partial charge in [0, 0.05) is 5.56 Å². The average molecular weight is 563 g/mol. The van der Waals surface area contributed by atoms with Crippen LogP contribution in [0.15, 0.2) is 48.5 Å². The highest BCUT2D eigenvalue weighted by Gasteiger charge is 2.32. The highest BCUT2D eigenvalue weighted by Crippen LogP contribution is 2.52. The summed E-state index contributed by atoms with van der Waals surface area (Å²) in [7, 11) is -5.91. The van der Waals surface area contributed by atoms with Gasteiger partial charge >= 0.3 is 26.4 Å². The molecule has 0 bridgehead atoms. The number of benzene rings is 3. The van der Waals surface area contributed by atoms with Crippen molar-refractivity contribution >= 4 is 20.2 Å². The van der Waals surface area contributed by atoms with E-state index in [4.69, 9.17) is 17.8 Å². The lowest BCUT2D eigenvalue weighted by Crippen LogP contribution is -2.10. The van der Waals surface area contributed by atoms with Gasteiger partial charge in [0.2, 0.25) is 0 Å². The summed E-state index contributed by atoms with van der Waals surface area (Å²) in [5, 5.41) is 10.0. The van der Waals surface area contributed by atoms with E-state index >= 15 is 0 Å². The van der Waals surface area contributed by atoms with E-state index < -0.39 is 49.2 Å². The summed E-state index contributed by atoms with van der Waals surface area (Å²) in [5.74, 6) is -1.78. The minimum atomic E-state index is -4.65. The zero-order valence-electron chi connectivity index (χ0n) is 19.8. The summed E-state index contributed by atoms with van der Waals surface area (Å²) in [6.07, 6.45) is -3.15. The molecule has 0 aliphatic rings. The van der Waals surface area contributed by atoms with Gasteiger partial charge in [0.1, 0.15) is 5.75 Å². The fourth-order valence-electron chi connectivity index (χ4n) is 3.46. The van der Waals surface area contributed by atoms with Gasteiger partial charge in [-0.25, -0.2) is 0 Å². The number of alkyl halides is 3. The highest BCUT2D eigenvalue weighted by atomic mass is 32.2. The monoisotopic (exact) mass is 562 g/mol. The molecule has 200 valence electrons. The van der Waals surface area contributed by atoms with Crippen LogP contribution in [-0.2, 0) is 26.4 Å². The van der Waals surface area contributed by atoms with E-state index in [1.165, 1.54) is 31.4 Å². The summed E-state index contributed by atoms with van der Waals surface area (Å²) in [5.41, 5.74) is -0.928. The maximum atomic E-state index is 13.4. The van der Waals surface area contributed by atoms with Crippen LogP contribution < -0.4 is 17.8 Å². The van der Waals surface area contributed by atoms with Crippen molar-refractivity contribution < 1.29 is 53.0 Å². The lowest BCUT2D eigenvalue weighted by molar-refractivity contribution is -0.137. The van der Waals surface area contributed by atoms with Crippen molar-refractivity contribution in [3.05, 3.63) is 54.1 Å². The van der Waals surface area contributed by atoms with Crippen LogP contribution in [0.5, 0.6) is 28.7 Å². The van der Waals surface area contributed by atoms with Crippen molar-refractivity contribution in [2.24, 2.45) is 0 Å². The molecule has 3 rings (SSSR count). The Bertz CT molecular complexity index is 1550. The van der Waals surface area contributed by atoms with Gasteiger partial charge in [0.25, 0.3) is 0 Å². The summed E-state index contributed by atoms with van der Waals surface area (Å²) in [6.45, 7) is 0. The number of hydrogen-bond donors (Lipinski definition) is 1. The Morgan fingerprint density at radius 3 is 1.95 bits per heavy atom. The molecule has 9 nitrogen and oxygen atoms in total. The SMILES string of the molecule is COc1cc(-c2cccc(C(F)(F)F)c2)c(OC)c(OS(C)(=O)=O)c1-c1ccc(O)c(OS(C)(=O)=O)c1. The molecule has 3 aromatic rings. The Hall–Kier alpha value is -3.65. The smallest absolute Gasteiger partial charge is 0.416 e. The lowest BCUT2D eigenvalue weighted by Gasteiger charge is -2.21. The molecule has 1 N–H and O–H groups in total. The van der Waals surface area contributed by atoms with Gasteiger partial charge in [-0.15, -0.1) is 0 Å². The summed E-state index contributed by atoms with van der Waals surface area (Å²) in [6, 6.07) is 9.02. The van der Waals surface area contributed by atoms with Crippen molar-refractivity contribution in [1.82, 2.24) is 0 Å². The Balaban J connectivity index is 2.41. The number of rotatable bonds is 8. The Labute approximate surface area is 211 Å². The number of hydrogen-bond acceptors (Lipinski definition) is 9. The van der Waals surface area contributed by atoms with Crippen molar-refractivity contribution in [3.8, 4) is 51.0 Å². The third kappa shape index (κ3) is 6.57. The van der Waals surface area contributed by atoms with Crippen molar-refractivity contribution in [3.63, 3.8) is 0 Å². The second-order valence-corrected chi connectivity index (χ2v) is 10.8. The Morgan fingerprint density at radius 1 is 0.757 bits per heavy atom. The molecule has 0 fully saturated rings. The third-order valence-electron chi connectivity index (χ3n) is 4.85. The van der Waals surface area contributed by atoms with E-state index in [1.807, 2.05) is 0 Å². The molecule has 0 aromatic heterocycles. The number of phenols is 1. The van der Waals surface area contributed by atoms with E-state index in [-0.39, 0.29) is 33.8 Å². The molecule has 0 saturated carbocycles. The molecule has 0 saturated heterocycles. The predicted octanol–water partition coefficient (Wildman–Crippen LogP) is 4.44. The molecule has 0 radical (unpaired) electrons. The minimum Gasteiger partial charge on any atom is -0.504 e. The fourth-order valence-corrected chi connectivity index (χ4v) is 4.38. The van der Waals surface area contributed by atoms with Crippen LogP contribution in [-0.4, -0.2) is 48.7 Å². The van der Waals surface area contributed by atoms with E-state index in [1.54, 1.807) is 0 Å². The second-order valence-electron chi connectivity index (χ2n) is 7.70. The maximum absolute atomic E-state index is 13.4. The van der Waals surface area contributed by atoms with Crippen LogP contribution in [0.3, 0.4) is 0 Å². The number of phenolic OH excluding ortho intramolecular Hbond substituents is 1.